The molecular formula is C31H29F4N5O2. The second-order valence-electron chi connectivity index (χ2n) is 10.7. The molecule has 7 nitrogen and oxygen atoms in total. The molecular weight excluding hydrogens is 550 g/mol. The summed E-state index contributed by atoms with van der Waals surface area (Å²) < 4.78 is 70.0. The van der Waals surface area contributed by atoms with Gasteiger partial charge in [0, 0.05) is 37.9 Å². The number of hydrogen-bond donors (Lipinski definition) is 0. The van der Waals surface area contributed by atoms with Crippen LogP contribution in [-0.2, 0) is 24.5 Å². The van der Waals surface area contributed by atoms with Crippen molar-refractivity contribution in [1.29, 1.82) is 0 Å². The molecule has 1 saturated carbocycles. The molecule has 1 aliphatic carbocycles. The Balaban J connectivity index is 1.39. The molecule has 3 aromatic carbocycles. The molecule has 1 aliphatic rings. The minimum atomic E-state index is -4.63. The van der Waals surface area contributed by atoms with Crippen molar-refractivity contribution < 1.29 is 26.7 Å². The Kier molecular flexibility index (Phi) is 7.32. The van der Waals surface area contributed by atoms with Crippen LogP contribution in [0, 0.1) is 5.82 Å². The van der Waals surface area contributed by atoms with E-state index in [-0.39, 0.29) is 29.1 Å². The molecule has 2 atom stereocenters. The Morgan fingerprint density at radius 2 is 1.86 bits per heavy atom. The lowest BCUT2D eigenvalue weighted by Gasteiger charge is -2.29. The number of oxazole rings is 1. The Bertz CT molecular complexity index is 1750. The lowest BCUT2D eigenvalue weighted by Crippen LogP contribution is -2.38. The van der Waals surface area contributed by atoms with Gasteiger partial charge >= 0.3 is 6.18 Å². The van der Waals surface area contributed by atoms with E-state index in [1.165, 1.54) is 18.5 Å². The van der Waals surface area contributed by atoms with Crippen LogP contribution in [0.25, 0.3) is 45.1 Å². The van der Waals surface area contributed by atoms with Gasteiger partial charge in [0.2, 0.25) is 5.89 Å². The normalized spacial score (nSPS) is 17.5. The molecule has 0 aliphatic heterocycles. The lowest BCUT2D eigenvalue weighted by atomic mass is 9.97. The van der Waals surface area contributed by atoms with Gasteiger partial charge in [-0.2, -0.15) is 13.2 Å². The van der Waals surface area contributed by atoms with Crippen LogP contribution in [0.5, 0.6) is 0 Å². The van der Waals surface area contributed by atoms with Crippen molar-refractivity contribution in [3.05, 3.63) is 77.9 Å². The molecule has 0 spiro atoms. The molecule has 2 heterocycles. The van der Waals surface area contributed by atoms with Crippen molar-refractivity contribution >= 4 is 11.1 Å². The third kappa shape index (κ3) is 5.30. The predicted molar refractivity (Wildman–Crippen MR) is 150 cm³/mol. The summed E-state index contributed by atoms with van der Waals surface area (Å²) >= 11 is 0. The van der Waals surface area contributed by atoms with Gasteiger partial charge in [-0.3, -0.25) is 4.90 Å². The summed E-state index contributed by atoms with van der Waals surface area (Å²) in [6, 6.07) is 14.3. The van der Waals surface area contributed by atoms with E-state index in [9.17, 15) is 17.6 Å². The minimum absolute atomic E-state index is 0.0559. The second kappa shape index (κ2) is 11.0. The summed E-state index contributed by atoms with van der Waals surface area (Å²) in [5.41, 5.74) is 1.82. The molecule has 0 bridgehead atoms. The third-order valence-corrected chi connectivity index (χ3v) is 7.93. The summed E-state index contributed by atoms with van der Waals surface area (Å²) in [4.78, 5) is 6.54. The van der Waals surface area contributed by atoms with Crippen LogP contribution >= 0.6 is 0 Å². The van der Waals surface area contributed by atoms with Crippen molar-refractivity contribution in [2.45, 2.75) is 44.1 Å². The van der Waals surface area contributed by atoms with Crippen LogP contribution < -0.4 is 0 Å². The summed E-state index contributed by atoms with van der Waals surface area (Å²) in [6.45, 7) is 0.316. The van der Waals surface area contributed by atoms with Gasteiger partial charge in [0.1, 0.15) is 23.2 Å². The number of alkyl halides is 3. The van der Waals surface area contributed by atoms with E-state index in [2.05, 4.69) is 15.2 Å². The van der Waals surface area contributed by atoms with Gasteiger partial charge < -0.3 is 13.7 Å². The molecule has 2 aromatic heterocycles. The molecule has 42 heavy (non-hydrogen) atoms. The molecule has 0 unspecified atom stereocenters. The van der Waals surface area contributed by atoms with Gasteiger partial charge in [-0.25, -0.2) is 9.37 Å². The van der Waals surface area contributed by atoms with Crippen LogP contribution in [0.15, 0.2) is 65.3 Å². The summed E-state index contributed by atoms with van der Waals surface area (Å²) in [5.74, 6) is 0.0950. The molecule has 5 aromatic rings. The first kappa shape index (κ1) is 28.0. The van der Waals surface area contributed by atoms with Gasteiger partial charge in [0.15, 0.2) is 11.4 Å². The Hall–Kier alpha value is -4.09. The fraction of sp³-hybridized carbons (Fsp3) is 0.323. The summed E-state index contributed by atoms with van der Waals surface area (Å²) in [6.07, 6.45) is -0.173. The number of likely N-dealkylation sites (N-methyl/N-ethyl adjacent to an activating group) is 1. The van der Waals surface area contributed by atoms with Gasteiger partial charge in [0.05, 0.1) is 6.10 Å². The Labute approximate surface area is 239 Å². The predicted octanol–water partition coefficient (Wildman–Crippen LogP) is 7.11. The largest absolute Gasteiger partial charge is 0.435 e. The number of methoxy groups -OCH3 is 1. The highest BCUT2D eigenvalue weighted by atomic mass is 19.4. The maximum atomic E-state index is 14.2. The molecule has 218 valence electrons. The number of ether oxygens (including phenoxy) is 1. The van der Waals surface area contributed by atoms with E-state index < -0.39 is 17.6 Å². The van der Waals surface area contributed by atoms with Gasteiger partial charge in [-0.15, -0.1) is 10.2 Å². The quantitative estimate of drug-likeness (QED) is 0.191. The first-order valence-corrected chi connectivity index (χ1v) is 13.6. The van der Waals surface area contributed by atoms with E-state index in [1.54, 1.807) is 49.1 Å². The first-order chi connectivity index (χ1) is 20.1. The van der Waals surface area contributed by atoms with E-state index in [1.807, 2.05) is 18.0 Å². The number of nitrogens with zero attached hydrogens (tertiary/aromatic N) is 5. The maximum Gasteiger partial charge on any atom is 0.420 e. The Morgan fingerprint density at radius 3 is 2.60 bits per heavy atom. The van der Waals surface area contributed by atoms with Crippen molar-refractivity contribution in [2.24, 2.45) is 7.05 Å². The number of fused-ring (bicyclic) bond motifs is 1. The molecule has 0 radical (unpaired) electrons. The van der Waals surface area contributed by atoms with Crippen molar-refractivity contribution in [2.75, 3.05) is 14.2 Å². The average Bonchev–Trinajstić information content (AvgIpc) is 3.71. The van der Waals surface area contributed by atoms with Gasteiger partial charge in [-0.05, 0) is 79.4 Å². The topological polar surface area (TPSA) is 69.2 Å². The van der Waals surface area contributed by atoms with E-state index >= 15 is 0 Å². The molecule has 6 rings (SSSR count). The zero-order valence-electron chi connectivity index (χ0n) is 23.3. The highest BCUT2D eigenvalue weighted by Crippen LogP contribution is 2.39. The molecule has 0 saturated heterocycles. The van der Waals surface area contributed by atoms with Crippen LogP contribution in [0.2, 0.25) is 0 Å². The highest BCUT2D eigenvalue weighted by Gasteiger charge is 2.36. The monoisotopic (exact) mass is 579 g/mol. The smallest absolute Gasteiger partial charge is 0.420 e. The average molecular weight is 580 g/mol. The number of halogens is 4. The number of aromatic nitrogens is 4. The van der Waals surface area contributed by atoms with Crippen molar-refractivity contribution in [3.8, 4) is 34.0 Å². The molecule has 11 heteroatoms. The second-order valence-corrected chi connectivity index (χ2v) is 10.7. The Morgan fingerprint density at radius 1 is 1.05 bits per heavy atom. The van der Waals surface area contributed by atoms with Crippen molar-refractivity contribution in [3.63, 3.8) is 0 Å². The molecule has 0 amide bonds. The first-order valence-electron chi connectivity index (χ1n) is 13.6. The van der Waals surface area contributed by atoms with Crippen LogP contribution in [0.1, 0.15) is 30.4 Å². The number of rotatable bonds is 7. The summed E-state index contributed by atoms with van der Waals surface area (Å²) in [7, 11) is 5.33. The van der Waals surface area contributed by atoms with E-state index in [0.717, 1.165) is 25.3 Å². The number of aryl methyl sites for hydroxylation is 1. The van der Waals surface area contributed by atoms with Crippen LogP contribution in [0.4, 0.5) is 17.6 Å². The number of hydrogen-bond acceptors (Lipinski definition) is 6. The highest BCUT2D eigenvalue weighted by molar-refractivity contribution is 5.84. The molecule has 1 fully saturated rings. The maximum absolute atomic E-state index is 14.2. The van der Waals surface area contributed by atoms with Crippen LogP contribution in [0.3, 0.4) is 0 Å². The number of benzene rings is 3. The third-order valence-electron chi connectivity index (χ3n) is 7.93. The standard InChI is InChI=1S/C31H29F4N5O2/c1-39(26-8-5-9-27(26)41-3)16-18-12-24(31(33,34)35)28-25(13-18)37-30(42-28)20-7-4-6-19(14-20)22-11-10-21(32)15-23(22)29-38-36-17-40(29)2/h4,6-7,10-15,17,26-27H,5,8-9,16H2,1-3H3/t26-,27+/m1/s1. The van der Waals surface area contributed by atoms with Gasteiger partial charge in [0.25, 0.3) is 0 Å². The summed E-state index contributed by atoms with van der Waals surface area (Å²) in [5, 5.41) is 8.02. The fourth-order valence-electron chi connectivity index (χ4n) is 5.91. The van der Waals surface area contributed by atoms with E-state index in [0.29, 0.717) is 40.2 Å². The van der Waals surface area contributed by atoms with Gasteiger partial charge in [-0.1, -0.05) is 18.2 Å². The molecule has 0 N–H and O–H groups in total. The zero-order valence-corrected chi connectivity index (χ0v) is 23.3. The lowest BCUT2D eigenvalue weighted by molar-refractivity contribution is -0.136. The van der Waals surface area contributed by atoms with Crippen LogP contribution in [-0.4, -0.2) is 51.0 Å². The van der Waals surface area contributed by atoms with E-state index in [4.69, 9.17) is 9.15 Å². The SMILES string of the molecule is CO[C@H]1CCC[C@H]1N(C)Cc1cc(C(F)(F)F)c2oc(-c3cccc(-c4ccc(F)cc4-c4nncn4C)c3)nc2c1. The van der Waals surface area contributed by atoms with Crippen molar-refractivity contribution in [1.82, 2.24) is 24.6 Å². The fourth-order valence-corrected chi connectivity index (χ4v) is 5.91. The zero-order chi connectivity index (χ0) is 29.6. The minimum Gasteiger partial charge on any atom is -0.435 e.